The molecular formula is C33H57N10O27P. The van der Waals surface area contributed by atoms with Gasteiger partial charge in [-0.1, -0.05) is 0 Å². The van der Waals surface area contributed by atoms with Crippen LogP contribution in [0.1, 0.15) is 6.23 Å². The first kappa shape index (κ1) is 64.0. The van der Waals surface area contributed by atoms with E-state index in [0.717, 1.165) is 10.9 Å². The monoisotopic (exact) mass is 1060 g/mol. The van der Waals surface area contributed by atoms with E-state index >= 15 is 0 Å². The lowest BCUT2D eigenvalue weighted by Gasteiger charge is -2.25. The highest BCUT2D eigenvalue weighted by Gasteiger charge is 2.46. The van der Waals surface area contributed by atoms with Gasteiger partial charge in [0.25, 0.3) is 5.56 Å². The number of phosphoric acid groups is 1. The Balaban J connectivity index is 0.000000527. The van der Waals surface area contributed by atoms with Gasteiger partial charge in [0.15, 0.2) is 41.2 Å². The number of nitrogens with one attached hydrogen (secondary N) is 2. The molecule has 27 N–H and O–H groups in total. The Hall–Kier alpha value is -5.01. The van der Waals surface area contributed by atoms with Gasteiger partial charge >= 0.3 is 13.8 Å². The van der Waals surface area contributed by atoms with Gasteiger partial charge in [-0.2, -0.15) is 4.98 Å². The van der Waals surface area contributed by atoms with Gasteiger partial charge < -0.3 is 137 Å². The van der Waals surface area contributed by atoms with Crippen LogP contribution < -0.4 is 17.0 Å². The molecule has 1 aliphatic heterocycles. The van der Waals surface area contributed by atoms with Crippen molar-refractivity contribution in [1.82, 2.24) is 39.5 Å². The van der Waals surface area contributed by atoms with Crippen LogP contribution in [0.5, 0.6) is 0 Å². The number of nitrogen functional groups attached to an aromatic ring is 2. The average molecular weight is 1060 g/mol. The third-order valence-electron chi connectivity index (χ3n) is 9.13. The zero-order chi connectivity index (χ0) is 54.7. The van der Waals surface area contributed by atoms with Crippen molar-refractivity contribution in [2.45, 2.75) is 97.8 Å². The van der Waals surface area contributed by atoms with Crippen LogP contribution in [-0.4, -0.2) is 283 Å². The molecule has 37 nitrogen and oxygen atoms in total. The van der Waals surface area contributed by atoms with Crippen LogP contribution in [-0.2, 0) is 23.6 Å². The highest BCUT2D eigenvalue weighted by Crippen LogP contribution is 2.31. The summed E-state index contributed by atoms with van der Waals surface area (Å²) in [6.45, 7) is -3.83. The molecule has 1 aliphatic rings. The molecule has 0 radical (unpaired) electrons. The zero-order valence-electron chi connectivity index (χ0n) is 36.2. The fourth-order valence-electron chi connectivity index (χ4n) is 5.21. The number of imidazole rings is 2. The third-order valence-corrected chi connectivity index (χ3v) is 9.13. The van der Waals surface area contributed by atoms with E-state index < -0.39 is 150 Å². The molecule has 5 heterocycles. The van der Waals surface area contributed by atoms with Gasteiger partial charge in [-0.05, 0) is 0 Å². The number of anilines is 2. The van der Waals surface area contributed by atoms with Crippen LogP contribution in [0.2, 0.25) is 0 Å². The van der Waals surface area contributed by atoms with Crippen molar-refractivity contribution < 1.29 is 130 Å². The van der Waals surface area contributed by atoms with Gasteiger partial charge in [-0.25, -0.2) is 29.3 Å². The van der Waals surface area contributed by atoms with E-state index in [9.17, 15) is 45.0 Å². The Morgan fingerprint density at radius 2 is 1.24 bits per heavy atom. The molecule has 0 aliphatic carbocycles. The maximum Gasteiger partial charge on any atom is 0.466 e. The summed E-state index contributed by atoms with van der Waals surface area (Å²) in [5.41, 5.74) is 11.5. The van der Waals surface area contributed by atoms with Gasteiger partial charge in [0.2, 0.25) is 5.95 Å². The summed E-state index contributed by atoms with van der Waals surface area (Å²) in [7, 11) is -4.64. The molecule has 4 aromatic rings. The van der Waals surface area contributed by atoms with E-state index in [1.54, 1.807) is 0 Å². The Bertz CT molecular complexity index is 2270. The summed E-state index contributed by atoms with van der Waals surface area (Å²) < 4.78 is 20.3. The molecule has 0 bridgehead atoms. The second-order valence-electron chi connectivity index (χ2n) is 14.3. The number of hydrogen-bond donors (Lipinski definition) is 25. The van der Waals surface area contributed by atoms with Crippen LogP contribution in [0.3, 0.4) is 0 Å². The molecule has 0 aromatic carbocycles. The van der Waals surface area contributed by atoms with Crippen molar-refractivity contribution in [3.8, 4) is 0 Å². The summed E-state index contributed by atoms with van der Waals surface area (Å²) in [6.07, 6.45) is -23.2. The average Bonchev–Trinajstić information content (AvgIpc) is 4.08. The van der Waals surface area contributed by atoms with E-state index in [1.807, 2.05) is 0 Å². The molecule has 0 spiro atoms. The van der Waals surface area contributed by atoms with Crippen molar-refractivity contribution in [2.75, 3.05) is 44.5 Å². The number of aromatic nitrogens is 8. The number of ether oxygens (including phenoxy) is 2. The fourth-order valence-corrected chi connectivity index (χ4v) is 5.21. The zero-order valence-corrected chi connectivity index (χ0v) is 37.1. The molecule has 0 saturated carbocycles. The predicted molar refractivity (Wildman–Crippen MR) is 226 cm³/mol. The number of aromatic amines is 2. The highest BCUT2D eigenvalue weighted by atomic mass is 31.2. The van der Waals surface area contributed by atoms with Crippen molar-refractivity contribution >= 4 is 54.2 Å². The van der Waals surface area contributed by atoms with Crippen LogP contribution >= 0.6 is 7.82 Å². The Labute approximate surface area is 395 Å². The van der Waals surface area contributed by atoms with Crippen molar-refractivity contribution in [2.24, 2.45) is 0 Å². The smallest absolute Gasteiger partial charge is 0.461 e. The van der Waals surface area contributed by atoms with Crippen LogP contribution in [0.25, 0.3) is 22.3 Å². The number of nitrogens with zero attached hydrogens (tertiary/aromatic N) is 6. The summed E-state index contributed by atoms with van der Waals surface area (Å²) in [6, 6.07) is 0. The minimum Gasteiger partial charge on any atom is -0.461 e. The molecule has 12 unspecified atom stereocenters. The van der Waals surface area contributed by atoms with Crippen molar-refractivity contribution in [3.63, 3.8) is 0 Å². The molecular weight excluding hydrogens is 999 g/mol. The van der Waals surface area contributed by atoms with Crippen LogP contribution in [0, 0.1) is 0 Å². The number of esters is 1. The lowest BCUT2D eigenvalue weighted by Crippen LogP contribution is -2.49. The fraction of sp³-hybridized carbons (Fsp3) is 0.636. The van der Waals surface area contributed by atoms with E-state index in [1.165, 1.54) is 12.7 Å². The molecule has 1 fully saturated rings. The molecule has 4 aromatic heterocycles. The normalized spacial score (nSPS) is 21.8. The van der Waals surface area contributed by atoms with Crippen LogP contribution in [0.15, 0.2) is 23.8 Å². The standard InChI is InChI=1S/C16H23N5O11.C6H14O6.C6H12O6.C5H5N5.H3O4P/c17-16-19-12-6(13(29)20-16)18-3-21(12)14-10(27)8(25)5(32-14)2-31-15(30)11(28)9(26)7(24)4(23)1-22;2*7-1-3(9)5(11)6(12)4(10)2-8;6-4-3-5(9-1-7-3)10-2-8-4;1-5(2,3)4/h3-5,7-11,14,22-28H,1-2H2,(H3,17,19,20,29);3-12H,1-2H2;1,3-6,8-12H,2H2;1-2H,(H3,6,7,8,9,10);(H3,1,2,3,4)/t4?,5-,7?,8-,9?,10-,11?,14-;;;;/m1..../s1. The molecule has 1 saturated heterocycles. The van der Waals surface area contributed by atoms with Crippen molar-refractivity contribution in [3.05, 3.63) is 29.3 Å². The Kier molecular flexibility index (Phi) is 27.2. The van der Waals surface area contributed by atoms with Gasteiger partial charge in [0.05, 0.1) is 39.1 Å². The second kappa shape index (κ2) is 30.1. The minimum atomic E-state index is -4.64. The highest BCUT2D eigenvalue weighted by molar-refractivity contribution is 7.45. The number of fused-ring (bicyclic) bond motifs is 2. The maximum atomic E-state index is 11.9. The molecule has 5 rings (SSSR count). The summed E-state index contributed by atoms with van der Waals surface area (Å²) >= 11 is 0. The number of aliphatic hydroxyl groups is 18. The van der Waals surface area contributed by atoms with Gasteiger partial charge in [-0.3, -0.25) is 14.3 Å². The quantitative estimate of drug-likeness (QED) is 0.0250. The minimum absolute atomic E-state index is 0.0258. The first-order chi connectivity index (χ1) is 33.0. The van der Waals surface area contributed by atoms with Crippen LogP contribution in [0.4, 0.5) is 11.8 Å². The Morgan fingerprint density at radius 1 is 0.761 bits per heavy atom. The van der Waals surface area contributed by atoms with Crippen molar-refractivity contribution in [1.29, 1.82) is 0 Å². The summed E-state index contributed by atoms with van der Waals surface area (Å²) in [5.74, 6) is -1.21. The van der Waals surface area contributed by atoms with Gasteiger partial charge in [0, 0.05) is 0 Å². The molecule has 71 heavy (non-hydrogen) atoms. The number of carbonyl (C=O) groups is 2. The largest absolute Gasteiger partial charge is 0.466 e. The number of aliphatic hydroxyl groups excluding tert-OH is 18. The predicted octanol–water partition coefficient (Wildman–Crippen LogP) is -13.7. The topological polar surface area (TPSA) is 665 Å². The SMILES string of the molecule is Nc1nc2c(ncn2[C@@H]2O[C@H](COC(=O)C(O)C(O)C(O)C(O)CO)[C@@H](O)[C@H]2O)c(=O)[nH]1.Nc1ncnc2nc[nH]c12.O=CC(O)C(O)C(O)C(O)CO.O=P(O)(O)O.OCC(O)C(O)C(O)C(O)CO. The third kappa shape index (κ3) is 19.5. The van der Waals surface area contributed by atoms with E-state index in [-0.39, 0.29) is 23.4 Å². The van der Waals surface area contributed by atoms with E-state index in [4.69, 9.17) is 101 Å². The molecule has 406 valence electrons. The number of hydrogen-bond acceptors (Lipinski definition) is 31. The molecule has 16 atom stereocenters. The number of nitrogens with two attached hydrogens (primary N) is 2. The summed E-state index contributed by atoms with van der Waals surface area (Å²) in [4.78, 5) is 79.7. The van der Waals surface area contributed by atoms with E-state index in [0.29, 0.717) is 17.0 Å². The molecule has 38 heteroatoms. The van der Waals surface area contributed by atoms with Gasteiger partial charge in [-0.15, -0.1) is 0 Å². The number of rotatable bonds is 18. The second-order valence-corrected chi connectivity index (χ2v) is 15.4. The lowest BCUT2D eigenvalue weighted by atomic mass is 10.0. The maximum absolute atomic E-state index is 11.9. The number of H-pyrrole nitrogens is 2. The first-order valence-electron chi connectivity index (χ1n) is 19.7. The Morgan fingerprint density at radius 3 is 1.70 bits per heavy atom. The number of aldehydes is 1. The molecule has 0 amide bonds. The number of carbonyl (C=O) groups excluding carboxylic acids is 2. The first-order valence-corrected chi connectivity index (χ1v) is 21.2. The summed E-state index contributed by atoms with van der Waals surface area (Å²) in [5, 5.41) is 163. The lowest BCUT2D eigenvalue weighted by molar-refractivity contribution is -0.175. The van der Waals surface area contributed by atoms with E-state index in [2.05, 4.69) is 34.9 Å². The van der Waals surface area contributed by atoms with Gasteiger partial charge in [0.1, 0.15) is 104 Å².